The Labute approximate surface area is 112 Å². The molecule has 0 aliphatic rings. The van der Waals surface area contributed by atoms with Crippen LogP contribution in [0.15, 0.2) is 0 Å². The van der Waals surface area contributed by atoms with E-state index in [-0.39, 0.29) is 12.8 Å². The largest absolute Gasteiger partial charge is 0.523 e. The number of hydrogen-bond acceptors (Lipinski definition) is 3. The van der Waals surface area contributed by atoms with Gasteiger partial charge in [-0.05, 0) is 12.8 Å². The fourth-order valence-corrected chi connectivity index (χ4v) is 2.38. The molecule has 19 heavy (non-hydrogen) atoms. The predicted molar refractivity (Wildman–Crippen MR) is 65.1 cm³/mol. The van der Waals surface area contributed by atoms with E-state index in [1.165, 1.54) is 0 Å². The summed E-state index contributed by atoms with van der Waals surface area (Å²) in [5, 5.41) is 0. The average molecular weight is 306 g/mol. The van der Waals surface area contributed by atoms with E-state index < -0.39 is 21.9 Å². The van der Waals surface area contributed by atoms with E-state index in [9.17, 15) is 21.6 Å². The van der Waals surface area contributed by atoms with Crippen molar-refractivity contribution < 1.29 is 30.9 Å². The van der Waals surface area contributed by atoms with Crippen LogP contribution in [0.2, 0.25) is 0 Å². The molecule has 1 N–H and O–H groups in total. The molecule has 0 fully saturated rings. The van der Waals surface area contributed by atoms with Gasteiger partial charge in [-0.15, -0.1) is 13.2 Å². The zero-order valence-electron chi connectivity index (χ0n) is 10.9. The van der Waals surface area contributed by atoms with Gasteiger partial charge in [-0.2, -0.15) is 8.42 Å². The van der Waals surface area contributed by atoms with E-state index in [0.717, 1.165) is 32.1 Å². The highest BCUT2D eigenvalue weighted by molar-refractivity contribution is 7.86. The molecule has 0 aromatic carbocycles. The molecule has 4 nitrogen and oxygen atoms in total. The van der Waals surface area contributed by atoms with Crippen molar-refractivity contribution in [2.75, 3.05) is 0 Å². The lowest BCUT2D eigenvalue weighted by molar-refractivity contribution is -0.332. The van der Waals surface area contributed by atoms with Gasteiger partial charge in [-0.1, -0.05) is 45.4 Å². The quantitative estimate of drug-likeness (QED) is 0.491. The molecule has 0 rings (SSSR count). The van der Waals surface area contributed by atoms with Crippen LogP contribution in [-0.4, -0.2) is 24.8 Å². The molecule has 0 amide bonds. The Bertz CT molecular complexity index is 327. The molecule has 0 aromatic rings. The Morgan fingerprint density at radius 3 is 1.95 bits per heavy atom. The highest BCUT2D eigenvalue weighted by Gasteiger charge is 2.38. The first-order valence-electron chi connectivity index (χ1n) is 6.37. The summed E-state index contributed by atoms with van der Waals surface area (Å²) < 4.78 is 69.4. The van der Waals surface area contributed by atoms with Gasteiger partial charge in [0.25, 0.3) is 10.1 Å². The fourth-order valence-electron chi connectivity index (χ4n) is 1.69. The van der Waals surface area contributed by atoms with Crippen LogP contribution in [-0.2, 0) is 14.9 Å². The molecule has 8 heteroatoms. The predicted octanol–water partition coefficient (Wildman–Crippen LogP) is 3.88. The Kier molecular flexibility index (Phi) is 8.60. The van der Waals surface area contributed by atoms with Crippen LogP contribution in [0.3, 0.4) is 0 Å². The Morgan fingerprint density at radius 1 is 1.05 bits per heavy atom. The molecule has 0 heterocycles. The van der Waals surface area contributed by atoms with E-state index in [4.69, 9.17) is 4.55 Å². The first-order chi connectivity index (χ1) is 8.67. The third kappa shape index (κ3) is 11.2. The second-order valence-corrected chi connectivity index (χ2v) is 5.97. The van der Waals surface area contributed by atoms with Crippen LogP contribution in [0.25, 0.3) is 0 Å². The summed E-state index contributed by atoms with van der Waals surface area (Å²) in [6.45, 7) is 2.07. The maximum Gasteiger partial charge on any atom is 0.523 e. The first kappa shape index (κ1) is 18.7. The van der Waals surface area contributed by atoms with Gasteiger partial charge in [-0.3, -0.25) is 9.29 Å². The standard InChI is InChI=1S/C11H21F3O4S/c1-2-3-4-5-6-7-8-9-10(19(15,16)17)18-11(12,13)14/h10H,2-9H2,1H3,(H,15,16,17). The minimum atomic E-state index is -5.07. The molecule has 0 spiro atoms. The number of alkyl halides is 3. The molecule has 0 aliphatic carbocycles. The fraction of sp³-hybridized carbons (Fsp3) is 1.00. The van der Waals surface area contributed by atoms with Crippen molar-refractivity contribution in [3.63, 3.8) is 0 Å². The van der Waals surface area contributed by atoms with Gasteiger partial charge in [0.1, 0.15) is 0 Å². The summed E-state index contributed by atoms with van der Waals surface area (Å²) in [6.07, 6.45) is 0.568. The Balaban J connectivity index is 3.96. The molecule has 116 valence electrons. The molecule has 0 bridgehead atoms. The summed E-state index contributed by atoms with van der Waals surface area (Å²) in [6, 6.07) is 0. The molecule has 0 radical (unpaired) electrons. The minimum Gasteiger partial charge on any atom is -0.284 e. The van der Waals surface area contributed by atoms with E-state index in [0.29, 0.717) is 6.42 Å². The van der Waals surface area contributed by atoms with Gasteiger partial charge < -0.3 is 0 Å². The summed E-state index contributed by atoms with van der Waals surface area (Å²) >= 11 is 0. The van der Waals surface area contributed by atoms with E-state index in [1.54, 1.807) is 0 Å². The lowest BCUT2D eigenvalue weighted by atomic mass is 10.1. The van der Waals surface area contributed by atoms with Crippen LogP contribution in [0, 0.1) is 0 Å². The summed E-state index contributed by atoms with van der Waals surface area (Å²) in [4.78, 5) is 0. The van der Waals surface area contributed by atoms with Crippen molar-refractivity contribution in [2.24, 2.45) is 0 Å². The highest BCUT2D eigenvalue weighted by atomic mass is 32.2. The lowest BCUT2D eigenvalue weighted by Crippen LogP contribution is -2.30. The molecular weight excluding hydrogens is 285 g/mol. The SMILES string of the molecule is CCCCCCCCCC(OC(F)(F)F)S(=O)(=O)O. The summed E-state index contributed by atoms with van der Waals surface area (Å²) in [5.41, 5.74) is -2.22. The van der Waals surface area contributed by atoms with Gasteiger partial charge in [0.05, 0.1) is 0 Å². The number of rotatable bonds is 10. The van der Waals surface area contributed by atoms with Crippen LogP contribution in [0.1, 0.15) is 58.3 Å². The van der Waals surface area contributed by atoms with Crippen molar-refractivity contribution in [3.05, 3.63) is 0 Å². The zero-order chi connectivity index (χ0) is 14.9. The van der Waals surface area contributed by atoms with Crippen LogP contribution in [0.5, 0.6) is 0 Å². The van der Waals surface area contributed by atoms with Crippen molar-refractivity contribution in [3.8, 4) is 0 Å². The number of halogens is 3. The third-order valence-corrected chi connectivity index (χ3v) is 3.64. The van der Waals surface area contributed by atoms with Crippen molar-refractivity contribution in [1.29, 1.82) is 0 Å². The lowest BCUT2D eigenvalue weighted by Gasteiger charge is -2.16. The van der Waals surface area contributed by atoms with Gasteiger partial charge in [0, 0.05) is 0 Å². The molecular formula is C11H21F3O4S. The van der Waals surface area contributed by atoms with Crippen molar-refractivity contribution >= 4 is 10.1 Å². The monoisotopic (exact) mass is 306 g/mol. The zero-order valence-corrected chi connectivity index (χ0v) is 11.8. The second kappa shape index (κ2) is 8.76. The maximum atomic E-state index is 12.0. The maximum absolute atomic E-state index is 12.0. The number of hydrogen-bond donors (Lipinski definition) is 1. The highest BCUT2D eigenvalue weighted by Crippen LogP contribution is 2.24. The third-order valence-electron chi connectivity index (χ3n) is 2.64. The van der Waals surface area contributed by atoms with Crippen LogP contribution < -0.4 is 0 Å². The number of unbranched alkanes of at least 4 members (excludes halogenated alkanes) is 6. The molecule has 0 saturated carbocycles. The van der Waals surface area contributed by atoms with Gasteiger partial charge in [0.15, 0.2) is 5.44 Å². The Hall–Kier alpha value is -0.340. The average Bonchev–Trinajstić information content (AvgIpc) is 2.23. The normalized spacial score (nSPS) is 14.6. The van der Waals surface area contributed by atoms with Crippen molar-refractivity contribution in [2.45, 2.75) is 70.1 Å². The van der Waals surface area contributed by atoms with Gasteiger partial charge in [-0.25, -0.2) is 0 Å². The van der Waals surface area contributed by atoms with Crippen molar-refractivity contribution in [1.82, 2.24) is 0 Å². The number of ether oxygens (including phenoxy) is 1. The molecule has 1 atom stereocenters. The summed E-state index contributed by atoms with van der Waals surface area (Å²) in [7, 11) is -4.84. The molecule has 1 unspecified atom stereocenters. The topological polar surface area (TPSA) is 63.6 Å². The minimum absolute atomic E-state index is 0.270. The molecule has 0 saturated heterocycles. The van der Waals surface area contributed by atoms with Gasteiger partial charge in [0.2, 0.25) is 0 Å². The molecule has 0 aliphatic heterocycles. The van der Waals surface area contributed by atoms with Crippen LogP contribution in [0.4, 0.5) is 13.2 Å². The molecule has 0 aromatic heterocycles. The van der Waals surface area contributed by atoms with E-state index in [2.05, 4.69) is 11.7 Å². The Morgan fingerprint density at radius 2 is 1.53 bits per heavy atom. The van der Waals surface area contributed by atoms with Crippen LogP contribution >= 0.6 is 0 Å². The first-order valence-corrected chi connectivity index (χ1v) is 7.88. The summed E-state index contributed by atoms with van der Waals surface area (Å²) in [5.74, 6) is 0. The van der Waals surface area contributed by atoms with E-state index >= 15 is 0 Å². The smallest absolute Gasteiger partial charge is 0.284 e. The second-order valence-electron chi connectivity index (χ2n) is 4.42. The van der Waals surface area contributed by atoms with Gasteiger partial charge >= 0.3 is 6.36 Å². The van der Waals surface area contributed by atoms with E-state index in [1.807, 2.05) is 0 Å².